The molecule has 31 heavy (non-hydrogen) atoms. The molecule has 0 aromatic heterocycles. The van der Waals surface area contributed by atoms with Crippen molar-refractivity contribution in [3.63, 3.8) is 0 Å². The molecule has 1 saturated carbocycles. The van der Waals surface area contributed by atoms with Crippen LogP contribution in [0, 0.1) is 5.92 Å². The Morgan fingerprint density at radius 3 is 2.32 bits per heavy atom. The van der Waals surface area contributed by atoms with Gasteiger partial charge in [-0.05, 0) is 68.4 Å². The van der Waals surface area contributed by atoms with E-state index in [0.29, 0.717) is 19.4 Å². The Balaban J connectivity index is 1.63. The number of benzene rings is 2. The van der Waals surface area contributed by atoms with Gasteiger partial charge in [0.2, 0.25) is 0 Å². The van der Waals surface area contributed by atoms with E-state index in [1.165, 1.54) is 0 Å². The minimum absolute atomic E-state index is 0.125. The van der Waals surface area contributed by atoms with Crippen LogP contribution >= 0.6 is 0 Å². The smallest absolute Gasteiger partial charge is 0.359 e. The number of para-hydroxylation sites is 1. The third-order valence-electron chi connectivity index (χ3n) is 6.76. The summed E-state index contributed by atoms with van der Waals surface area (Å²) in [7, 11) is 0. The number of esters is 1. The summed E-state index contributed by atoms with van der Waals surface area (Å²) in [5.74, 6) is 0.180. The number of aliphatic hydroxyl groups excluding tert-OH is 1. The van der Waals surface area contributed by atoms with Crippen molar-refractivity contribution in [1.29, 1.82) is 0 Å². The normalized spacial score (nSPS) is 21.9. The predicted molar refractivity (Wildman–Crippen MR) is 121 cm³/mol. The van der Waals surface area contributed by atoms with Gasteiger partial charge in [-0.2, -0.15) is 0 Å². The third-order valence-corrected chi connectivity index (χ3v) is 6.76. The van der Waals surface area contributed by atoms with Crippen LogP contribution in [0.25, 0.3) is 0 Å². The van der Waals surface area contributed by atoms with Gasteiger partial charge in [0.1, 0.15) is 17.1 Å². The average Bonchev–Trinajstić information content (AvgIpc) is 3.32. The van der Waals surface area contributed by atoms with E-state index in [1.807, 2.05) is 54.3 Å². The Kier molecular flexibility index (Phi) is 6.21. The zero-order valence-corrected chi connectivity index (χ0v) is 18.1. The highest BCUT2D eigenvalue weighted by atomic mass is 16.6. The molecule has 0 amide bonds. The monoisotopic (exact) mass is 421 g/mol. The van der Waals surface area contributed by atoms with Gasteiger partial charge in [-0.3, -0.25) is 0 Å². The number of aryl methyl sites for hydroxylation is 1. The van der Waals surface area contributed by atoms with Crippen LogP contribution in [0.1, 0.15) is 51.0 Å². The van der Waals surface area contributed by atoms with E-state index in [2.05, 4.69) is 0 Å². The van der Waals surface area contributed by atoms with Crippen LogP contribution < -0.4 is 4.90 Å². The SMILES string of the molecule is CCN(C1=C(O)CC(CCc2ccc(O)cc2)(C2CCCC2)OC1=O)c1ccccc1. The lowest BCUT2D eigenvalue weighted by molar-refractivity contribution is -0.167. The maximum absolute atomic E-state index is 13.3. The molecule has 1 heterocycles. The second-order valence-corrected chi connectivity index (χ2v) is 8.65. The fraction of sp³-hybridized carbons (Fsp3) is 0.423. The first kappa shape index (κ1) is 21.3. The second kappa shape index (κ2) is 9.04. The largest absolute Gasteiger partial charge is 0.510 e. The van der Waals surface area contributed by atoms with Crippen molar-refractivity contribution in [2.24, 2.45) is 5.92 Å². The summed E-state index contributed by atoms with van der Waals surface area (Å²) in [5, 5.41) is 20.7. The topological polar surface area (TPSA) is 70.0 Å². The molecule has 1 aliphatic carbocycles. The first-order valence-electron chi connectivity index (χ1n) is 11.3. The van der Waals surface area contributed by atoms with E-state index in [0.717, 1.165) is 43.4 Å². The fourth-order valence-electron chi connectivity index (χ4n) is 5.14. The Bertz CT molecular complexity index is 932. The molecule has 0 saturated heterocycles. The zero-order chi connectivity index (χ0) is 21.8. The van der Waals surface area contributed by atoms with Gasteiger partial charge >= 0.3 is 5.97 Å². The molecule has 2 aromatic rings. The van der Waals surface area contributed by atoms with Crippen LogP contribution in [-0.4, -0.2) is 28.3 Å². The van der Waals surface area contributed by atoms with Crippen molar-refractivity contribution in [3.8, 4) is 5.75 Å². The summed E-state index contributed by atoms with van der Waals surface area (Å²) in [4.78, 5) is 15.1. The minimum Gasteiger partial charge on any atom is -0.510 e. The van der Waals surface area contributed by atoms with Gasteiger partial charge in [0, 0.05) is 18.7 Å². The van der Waals surface area contributed by atoms with Gasteiger partial charge in [-0.15, -0.1) is 0 Å². The van der Waals surface area contributed by atoms with Crippen molar-refractivity contribution in [2.45, 2.75) is 57.5 Å². The van der Waals surface area contributed by atoms with Gasteiger partial charge in [0.15, 0.2) is 5.70 Å². The van der Waals surface area contributed by atoms with E-state index in [9.17, 15) is 15.0 Å². The van der Waals surface area contributed by atoms with Crippen LogP contribution in [0.4, 0.5) is 5.69 Å². The number of nitrogens with zero attached hydrogens (tertiary/aromatic N) is 1. The molecule has 2 N–H and O–H groups in total. The molecule has 1 aliphatic heterocycles. The molecular formula is C26H31NO4. The molecule has 2 aliphatic rings. The quantitative estimate of drug-likeness (QED) is 0.578. The van der Waals surface area contributed by atoms with Crippen LogP contribution in [-0.2, 0) is 16.0 Å². The summed E-state index contributed by atoms with van der Waals surface area (Å²) in [6.45, 7) is 2.52. The van der Waals surface area contributed by atoms with Gasteiger partial charge in [0.25, 0.3) is 0 Å². The number of ether oxygens (including phenoxy) is 1. The van der Waals surface area contributed by atoms with Crippen LogP contribution in [0.15, 0.2) is 66.1 Å². The molecule has 0 spiro atoms. The first-order valence-corrected chi connectivity index (χ1v) is 11.3. The molecule has 5 heteroatoms. The molecule has 4 rings (SSSR count). The van der Waals surface area contributed by atoms with Crippen molar-refractivity contribution in [2.75, 3.05) is 11.4 Å². The summed E-state index contributed by atoms with van der Waals surface area (Å²) in [6.07, 6.45) is 6.02. The first-order chi connectivity index (χ1) is 15.0. The number of cyclic esters (lactones) is 1. The fourth-order valence-corrected chi connectivity index (χ4v) is 5.14. The van der Waals surface area contributed by atoms with Crippen LogP contribution in [0.5, 0.6) is 5.75 Å². The number of hydrogen-bond donors (Lipinski definition) is 2. The third kappa shape index (κ3) is 4.41. The summed E-state index contributed by atoms with van der Waals surface area (Å²) in [6, 6.07) is 16.8. The molecule has 2 aromatic carbocycles. The molecule has 1 fully saturated rings. The molecule has 0 bridgehead atoms. The van der Waals surface area contributed by atoms with E-state index in [-0.39, 0.29) is 23.1 Å². The summed E-state index contributed by atoms with van der Waals surface area (Å²) in [5.41, 5.74) is 1.52. The van der Waals surface area contributed by atoms with Crippen molar-refractivity contribution in [3.05, 3.63) is 71.6 Å². The number of aliphatic hydroxyl groups is 1. The van der Waals surface area contributed by atoms with Crippen molar-refractivity contribution in [1.82, 2.24) is 0 Å². The molecule has 5 nitrogen and oxygen atoms in total. The van der Waals surface area contributed by atoms with E-state index in [1.54, 1.807) is 12.1 Å². The van der Waals surface area contributed by atoms with E-state index in [4.69, 9.17) is 4.74 Å². The van der Waals surface area contributed by atoms with Crippen molar-refractivity contribution < 1.29 is 19.7 Å². The highest BCUT2D eigenvalue weighted by Crippen LogP contribution is 2.46. The van der Waals surface area contributed by atoms with Gasteiger partial charge in [-0.25, -0.2) is 4.79 Å². The maximum atomic E-state index is 13.3. The number of phenolic OH excluding ortho intramolecular Hbond substituents is 1. The molecule has 1 unspecified atom stereocenters. The van der Waals surface area contributed by atoms with E-state index >= 15 is 0 Å². The lowest BCUT2D eigenvalue weighted by Crippen LogP contribution is -2.48. The number of carbonyl (C=O) groups is 1. The number of anilines is 1. The Labute approximate surface area is 184 Å². The average molecular weight is 422 g/mol. The number of hydrogen-bond acceptors (Lipinski definition) is 5. The number of likely N-dealkylation sites (N-methyl/N-ethyl adjacent to an activating group) is 1. The number of carbonyl (C=O) groups excluding carboxylic acids is 1. The predicted octanol–water partition coefficient (Wildman–Crippen LogP) is 5.50. The minimum atomic E-state index is -0.685. The van der Waals surface area contributed by atoms with Gasteiger partial charge in [-0.1, -0.05) is 43.2 Å². The lowest BCUT2D eigenvalue weighted by Gasteiger charge is -2.43. The Morgan fingerprint density at radius 1 is 1.03 bits per heavy atom. The number of rotatable bonds is 7. The molecular weight excluding hydrogens is 390 g/mol. The second-order valence-electron chi connectivity index (χ2n) is 8.65. The maximum Gasteiger partial charge on any atom is 0.359 e. The Hall–Kier alpha value is -2.95. The number of phenols is 1. The standard InChI is InChI=1S/C26H31NO4/c1-2-27(21-10-4-3-5-11-21)24-23(29)18-26(31-25(24)30,20-8-6-7-9-20)17-16-19-12-14-22(28)15-13-19/h3-5,10-15,20,28-29H,2,6-9,16-18H2,1H3. The van der Waals surface area contributed by atoms with Crippen molar-refractivity contribution >= 4 is 11.7 Å². The molecule has 1 atom stereocenters. The van der Waals surface area contributed by atoms with Gasteiger partial charge in [0.05, 0.1) is 0 Å². The molecule has 0 radical (unpaired) electrons. The molecule has 164 valence electrons. The summed E-state index contributed by atoms with van der Waals surface area (Å²) < 4.78 is 6.24. The summed E-state index contributed by atoms with van der Waals surface area (Å²) >= 11 is 0. The highest BCUT2D eigenvalue weighted by Gasteiger charge is 2.49. The Morgan fingerprint density at radius 2 is 1.71 bits per heavy atom. The number of aromatic hydroxyl groups is 1. The van der Waals surface area contributed by atoms with Crippen LogP contribution in [0.3, 0.4) is 0 Å². The van der Waals surface area contributed by atoms with E-state index < -0.39 is 11.6 Å². The zero-order valence-electron chi connectivity index (χ0n) is 18.1. The highest BCUT2D eigenvalue weighted by molar-refractivity contribution is 5.94. The van der Waals surface area contributed by atoms with Gasteiger partial charge < -0.3 is 19.8 Å². The van der Waals surface area contributed by atoms with Crippen LogP contribution in [0.2, 0.25) is 0 Å². The lowest BCUT2D eigenvalue weighted by atomic mass is 9.77.